The average molecular weight is 331 g/mol. The molecule has 2 amide bonds. The van der Waals surface area contributed by atoms with Crippen molar-refractivity contribution in [1.82, 2.24) is 20.0 Å². The van der Waals surface area contributed by atoms with Crippen molar-refractivity contribution < 1.29 is 18.8 Å². The number of rotatable bonds is 5. The molecule has 0 N–H and O–H groups in total. The standard InChI is InChI=1S/C15H17N5O4/c1-3-19(7-12-17-10(2)24-18-12)13(21)8-20-14(22)9-23-11-5-4-6-16-15(11)20/h4-6H,3,7-9H2,1-2H3. The zero-order chi connectivity index (χ0) is 17.1. The number of carbonyl (C=O) groups excluding carboxylic acids is 2. The highest BCUT2D eigenvalue weighted by atomic mass is 16.5. The van der Waals surface area contributed by atoms with Crippen LogP contribution in [0.5, 0.6) is 5.75 Å². The number of nitrogens with zero attached hydrogens (tertiary/aromatic N) is 5. The van der Waals surface area contributed by atoms with Crippen LogP contribution >= 0.6 is 0 Å². The maximum absolute atomic E-state index is 12.6. The van der Waals surface area contributed by atoms with E-state index < -0.39 is 0 Å². The van der Waals surface area contributed by atoms with Crippen molar-refractivity contribution in [3.05, 3.63) is 30.0 Å². The molecule has 0 saturated heterocycles. The predicted molar refractivity (Wildman–Crippen MR) is 82.2 cm³/mol. The molecule has 0 saturated carbocycles. The number of ether oxygens (including phenoxy) is 1. The highest BCUT2D eigenvalue weighted by Crippen LogP contribution is 2.28. The molecule has 9 nitrogen and oxygen atoms in total. The van der Waals surface area contributed by atoms with Crippen LogP contribution in [0.2, 0.25) is 0 Å². The Morgan fingerprint density at radius 1 is 1.46 bits per heavy atom. The van der Waals surface area contributed by atoms with E-state index in [0.717, 1.165) is 0 Å². The lowest BCUT2D eigenvalue weighted by atomic mass is 10.3. The third-order valence-electron chi connectivity index (χ3n) is 3.59. The maximum Gasteiger partial charge on any atom is 0.266 e. The van der Waals surface area contributed by atoms with E-state index in [1.54, 1.807) is 30.2 Å². The highest BCUT2D eigenvalue weighted by molar-refractivity contribution is 6.01. The predicted octanol–water partition coefficient (Wildman–Crippen LogP) is 0.547. The van der Waals surface area contributed by atoms with Crippen LogP contribution in [-0.4, -0.2) is 51.5 Å². The van der Waals surface area contributed by atoms with Crippen molar-refractivity contribution in [3.63, 3.8) is 0 Å². The zero-order valence-electron chi connectivity index (χ0n) is 13.4. The first-order valence-corrected chi connectivity index (χ1v) is 7.53. The molecule has 0 radical (unpaired) electrons. The number of fused-ring (bicyclic) bond motifs is 1. The lowest BCUT2D eigenvalue weighted by Crippen LogP contribution is -2.46. The molecular formula is C15H17N5O4. The number of hydrogen-bond acceptors (Lipinski definition) is 7. The first-order valence-electron chi connectivity index (χ1n) is 7.53. The van der Waals surface area contributed by atoms with E-state index in [0.29, 0.717) is 29.8 Å². The molecule has 0 unspecified atom stereocenters. The van der Waals surface area contributed by atoms with Gasteiger partial charge in [-0.2, -0.15) is 4.98 Å². The van der Waals surface area contributed by atoms with Gasteiger partial charge in [-0.1, -0.05) is 5.16 Å². The minimum absolute atomic E-state index is 0.109. The summed E-state index contributed by atoms with van der Waals surface area (Å²) in [6.07, 6.45) is 1.55. The van der Waals surface area contributed by atoms with Gasteiger partial charge in [0.05, 0.1) is 6.54 Å². The fourth-order valence-electron chi connectivity index (χ4n) is 2.38. The number of likely N-dealkylation sites (N-methyl/N-ethyl adjacent to an activating group) is 1. The first-order chi connectivity index (χ1) is 11.6. The number of amides is 2. The number of hydrogen-bond donors (Lipinski definition) is 0. The normalized spacial score (nSPS) is 13.4. The van der Waals surface area contributed by atoms with E-state index in [9.17, 15) is 9.59 Å². The van der Waals surface area contributed by atoms with E-state index in [2.05, 4.69) is 15.1 Å². The summed E-state index contributed by atoms with van der Waals surface area (Å²) in [6.45, 7) is 3.99. The topological polar surface area (TPSA) is 102 Å². The van der Waals surface area contributed by atoms with Crippen LogP contribution < -0.4 is 9.64 Å². The Balaban J connectivity index is 1.74. The van der Waals surface area contributed by atoms with Gasteiger partial charge >= 0.3 is 0 Å². The first kappa shape index (κ1) is 15.9. The summed E-state index contributed by atoms with van der Waals surface area (Å²) in [7, 11) is 0. The van der Waals surface area contributed by atoms with Gasteiger partial charge in [0.15, 0.2) is 24.0 Å². The summed E-state index contributed by atoms with van der Waals surface area (Å²) < 4.78 is 10.2. The number of pyridine rings is 1. The maximum atomic E-state index is 12.6. The molecule has 2 aromatic heterocycles. The lowest BCUT2D eigenvalue weighted by molar-refractivity contribution is -0.132. The second-order valence-electron chi connectivity index (χ2n) is 5.23. The third kappa shape index (κ3) is 3.19. The molecule has 0 atom stereocenters. The Labute approximate surface area is 138 Å². The van der Waals surface area contributed by atoms with Gasteiger partial charge in [0.2, 0.25) is 11.8 Å². The van der Waals surface area contributed by atoms with E-state index in [4.69, 9.17) is 9.26 Å². The van der Waals surface area contributed by atoms with E-state index in [1.807, 2.05) is 6.92 Å². The summed E-state index contributed by atoms with van der Waals surface area (Å²) in [5.74, 6) is 1.17. The molecule has 126 valence electrons. The van der Waals surface area contributed by atoms with Gasteiger partial charge in [0, 0.05) is 19.7 Å². The quantitative estimate of drug-likeness (QED) is 0.788. The van der Waals surface area contributed by atoms with Gasteiger partial charge in [-0.3, -0.25) is 14.5 Å². The van der Waals surface area contributed by atoms with Gasteiger partial charge in [-0.25, -0.2) is 4.98 Å². The second-order valence-corrected chi connectivity index (χ2v) is 5.23. The Morgan fingerprint density at radius 3 is 3.00 bits per heavy atom. The molecule has 9 heteroatoms. The van der Waals surface area contributed by atoms with Crippen LogP contribution in [0.1, 0.15) is 18.6 Å². The Kier molecular flexibility index (Phi) is 4.41. The third-order valence-corrected chi connectivity index (χ3v) is 3.59. The van der Waals surface area contributed by atoms with Gasteiger partial charge in [-0.15, -0.1) is 0 Å². The Morgan fingerprint density at radius 2 is 2.29 bits per heavy atom. The molecule has 0 bridgehead atoms. The molecule has 2 aromatic rings. The number of anilines is 1. The van der Waals surface area contributed by atoms with Crippen LogP contribution in [0.15, 0.2) is 22.9 Å². The smallest absolute Gasteiger partial charge is 0.266 e. The molecule has 1 aliphatic heterocycles. The number of carbonyl (C=O) groups is 2. The van der Waals surface area contributed by atoms with Crippen LogP contribution in [0, 0.1) is 6.92 Å². The van der Waals surface area contributed by atoms with Gasteiger partial charge in [0.25, 0.3) is 5.91 Å². The molecule has 3 rings (SSSR count). The van der Waals surface area contributed by atoms with Gasteiger partial charge in [-0.05, 0) is 19.1 Å². The van der Waals surface area contributed by atoms with Crippen molar-refractivity contribution in [2.24, 2.45) is 0 Å². The minimum Gasteiger partial charge on any atom is -0.480 e. The van der Waals surface area contributed by atoms with Crippen molar-refractivity contribution >= 4 is 17.6 Å². The molecule has 0 spiro atoms. The molecule has 1 aliphatic rings. The number of aromatic nitrogens is 3. The largest absolute Gasteiger partial charge is 0.480 e. The van der Waals surface area contributed by atoms with E-state index >= 15 is 0 Å². The number of aryl methyl sites for hydroxylation is 1. The van der Waals surface area contributed by atoms with Crippen molar-refractivity contribution in [2.75, 3.05) is 24.6 Å². The highest BCUT2D eigenvalue weighted by Gasteiger charge is 2.29. The summed E-state index contributed by atoms with van der Waals surface area (Å²) in [4.78, 5) is 35.8. The summed E-state index contributed by atoms with van der Waals surface area (Å²) >= 11 is 0. The van der Waals surface area contributed by atoms with Crippen molar-refractivity contribution in [1.29, 1.82) is 0 Å². The zero-order valence-corrected chi connectivity index (χ0v) is 13.4. The monoisotopic (exact) mass is 331 g/mol. The van der Waals surface area contributed by atoms with Crippen molar-refractivity contribution in [3.8, 4) is 5.75 Å². The summed E-state index contributed by atoms with van der Waals surface area (Å²) in [6, 6.07) is 3.43. The van der Waals surface area contributed by atoms with Gasteiger partial charge in [0.1, 0.15) is 6.54 Å². The minimum atomic E-state index is -0.305. The molecular weight excluding hydrogens is 314 g/mol. The summed E-state index contributed by atoms with van der Waals surface area (Å²) in [5.41, 5.74) is 0. The molecule has 3 heterocycles. The molecule has 0 fully saturated rings. The van der Waals surface area contributed by atoms with Gasteiger partial charge < -0.3 is 14.2 Å². The Hall–Kier alpha value is -2.97. The summed E-state index contributed by atoms with van der Waals surface area (Å²) in [5, 5.41) is 3.79. The fourth-order valence-corrected chi connectivity index (χ4v) is 2.38. The molecule has 0 aromatic carbocycles. The Bertz CT molecular complexity index is 760. The molecule has 24 heavy (non-hydrogen) atoms. The molecule has 0 aliphatic carbocycles. The van der Waals surface area contributed by atoms with Crippen LogP contribution in [0.3, 0.4) is 0 Å². The lowest BCUT2D eigenvalue weighted by Gasteiger charge is -2.29. The SMILES string of the molecule is CCN(Cc1noc(C)n1)C(=O)CN1C(=O)COc2cccnc21. The van der Waals surface area contributed by atoms with Crippen LogP contribution in [0.4, 0.5) is 5.82 Å². The van der Waals surface area contributed by atoms with Crippen molar-refractivity contribution in [2.45, 2.75) is 20.4 Å². The fraction of sp³-hybridized carbons (Fsp3) is 0.400. The van der Waals surface area contributed by atoms with E-state index in [1.165, 1.54) is 4.90 Å². The second kappa shape index (κ2) is 6.65. The van der Waals surface area contributed by atoms with Crippen LogP contribution in [-0.2, 0) is 16.1 Å². The van der Waals surface area contributed by atoms with Crippen LogP contribution in [0.25, 0.3) is 0 Å². The average Bonchev–Trinajstić information content (AvgIpc) is 3.00. The van der Waals surface area contributed by atoms with E-state index in [-0.39, 0.29) is 31.5 Å².